The zero-order valence-electron chi connectivity index (χ0n) is 10.0. The Kier molecular flexibility index (Phi) is 3.27. The maximum atomic E-state index is 11.0. The fraction of sp³-hybridized carbons (Fsp3) is 0.250. The number of hydrogen-bond donors (Lipinski definition) is 1. The molecule has 0 atom stereocenters. The average molecular weight is 248 g/mol. The number of nitrogens with zero attached hydrogens (tertiary/aromatic N) is 2. The number of aryl methyl sites for hydroxylation is 1. The van der Waals surface area contributed by atoms with Gasteiger partial charge in [0, 0.05) is 12.5 Å². The maximum absolute atomic E-state index is 11.0. The zero-order chi connectivity index (χ0) is 13.1. The van der Waals surface area contributed by atoms with Gasteiger partial charge in [-0.3, -0.25) is 0 Å². The van der Waals surface area contributed by atoms with E-state index in [1.165, 1.54) is 6.07 Å². The number of hydrogen-bond acceptors (Lipinski definition) is 5. The van der Waals surface area contributed by atoms with Gasteiger partial charge in [-0.2, -0.15) is 0 Å². The third-order valence-electron chi connectivity index (χ3n) is 2.43. The smallest absolute Gasteiger partial charge is 0.336 e. The second-order valence-electron chi connectivity index (χ2n) is 3.74. The summed E-state index contributed by atoms with van der Waals surface area (Å²) in [5.74, 6) is 0.328. The molecule has 2 aromatic rings. The Labute approximate surface area is 103 Å². The minimum Gasteiger partial charge on any atom is -0.484 e. The first-order valence-corrected chi connectivity index (χ1v) is 5.32. The predicted molar refractivity (Wildman–Crippen MR) is 61.5 cm³/mol. The molecule has 1 N–H and O–H groups in total. The van der Waals surface area contributed by atoms with Gasteiger partial charge >= 0.3 is 5.97 Å². The number of aromatic carboxylic acids is 1. The molecular formula is C12H12N2O4. The van der Waals surface area contributed by atoms with Gasteiger partial charge in [-0.25, -0.2) is 4.79 Å². The second kappa shape index (κ2) is 4.87. The minimum atomic E-state index is -0.980. The normalized spacial score (nSPS) is 10.3. The highest BCUT2D eigenvalue weighted by Crippen LogP contribution is 2.22. The molecule has 0 aliphatic carbocycles. The van der Waals surface area contributed by atoms with Crippen molar-refractivity contribution < 1.29 is 19.1 Å². The van der Waals surface area contributed by atoms with E-state index in [1.54, 1.807) is 26.0 Å². The fourth-order valence-corrected chi connectivity index (χ4v) is 1.54. The van der Waals surface area contributed by atoms with Gasteiger partial charge in [0.25, 0.3) is 5.89 Å². The summed E-state index contributed by atoms with van der Waals surface area (Å²) in [6, 6.07) is 4.86. The van der Waals surface area contributed by atoms with Crippen molar-refractivity contribution in [2.45, 2.75) is 20.5 Å². The summed E-state index contributed by atoms with van der Waals surface area (Å²) in [6.07, 6.45) is 0. The Balaban J connectivity index is 2.14. The number of carboxylic acid groups (broad SMARTS) is 1. The largest absolute Gasteiger partial charge is 0.484 e. The van der Waals surface area contributed by atoms with Gasteiger partial charge in [0.2, 0.25) is 5.89 Å². The summed E-state index contributed by atoms with van der Waals surface area (Å²) in [4.78, 5) is 11.0. The number of ether oxygens (including phenoxy) is 1. The monoisotopic (exact) mass is 248 g/mol. The molecule has 0 unspecified atom stereocenters. The van der Waals surface area contributed by atoms with Crippen LogP contribution >= 0.6 is 0 Å². The first-order chi connectivity index (χ1) is 8.58. The summed E-state index contributed by atoms with van der Waals surface area (Å²) < 4.78 is 10.6. The van der Waals surface area contributed by atoms with E-state index in [2.05, 4.69) is 10.2 Å². The van der Waals surface area contributed by atoms with Gasteiger partial charge in [-0.15, -0.1) is 10.2 Å². The van der Waals surface area contributed by atoms with Gasteiger partial charge in [0.15, 0.2) is 6.61 Å². The van der Waals surface area contributed by atoms with Crippen molar-refractivity contribution in [1.29, 1.82) is 0 Å². The van der Waals surface area contributed by atoms with Gasteiger partial charge in [-0.1, -0.05) is 6.07 Å². The van der Waals surface area contributed by atoms with E-state index in [0.717, 1.165) is 0 Å². The van der Waals surface area contributed by atoms with Gasteiger partial charge in [-0.05, 0) is 19.1 Å². The molecule has 1 aromatic carbocycles. The molecule has 0 aliphatic rings. The van der Waals surface area contributed by atoms with Crippen LogP contribution in [0, 0.1) is 13.8 Å². The lowest BCUT2D eigenvalue weighted by Crippen LogP contribution is -2.03. The average Bonchev–Trinajstić information content (AvgIpc) is 2.73. The van der Waals surface area contributed by atoms with Crippen LogP contribution in [-0.4, -0.2) is 21.3 Å². The number of carboxylic acids is 1. The van der Waals surface area contributed by atoms with E-state index < -0.39 is 5.97 Å². The molecule has 0 aliphatic heterocycles. The highest BCUT2D eigenvalue weighted by molar-refractivity contribution is 5.90. The molecule has 0 amide bonds. The Morgan fingerprint density at radius 2 is 2.17 bits per heavy atom. The minimum absolute atomic E-state index is 0.116. The third-order valence-corrected chi connectivity index (χ3v) is 2.43. The molecule has 94 valence electrons. The van der Waals surface area contributed by atoms with E-state index in [-0.39, 0.29) is 12.2 Å². The molecule has 2 rings (SSSR count). The lowest BCUT2D eigenvalue weighted by atomic mass is 10.1. The first-order valence-electron chi connectivity index (χ1n) is 5.32. The number of benzene rings is 1. The van der Waals surface area contributed by atoms with Crippen LogP contribution in [-0.2, 0) is 6.61 Å². The van der Waals surface area contributed by atoms with Crippen LogP contribution in [0.1, 0.15) is 27.7 Å². The van der Waals surface area contributed by atoms with Crippen molar-refractivity contribution in [2.24, 2.45) is 0 Å². The molecule has 0 bridgehead atoms. The first kappa shape index (κ1) is 12.1. The Hall–Kier alpha value is -2.37. The lowest BCUT2D eigenvalue weighted by Gasteiger charge is -2.08. The van der Waals surface area contributed by atoms with Gasteiger partial charge in [0.1, 0.15) is 5.75 Å². The summed E-state index contributed by atoms with van der Waals surface area (Å²) in [5, 5.41) is 16.4. The lowest BCUT2D eigenvalue weighted by molar-refractivity contribution is 0.0695. The van der Waals surface area contributed by atoms with E-state index in [9.17, 15) is 4.79 Å². The van der Waals surface area contributed by atoms with Crippen LogP contribution in [0.15, 0.2) is 22.6 Å². The SMILES string of the molecule is Cc1nnc(COc2cccc(C(=O)O)c2C)o1. The number of aromatic nitrogens is 2. The van der Waals surface area contributed by atoms with Crippen molar-refractivity contribution in [3.8, 4) is 5.75 Å². The van der Waals surface area contributed by atoms with Crippen LogP contribution in [0.25, 0.3) is 0 Å². The Morgan fingerprint density at radius 1 is 1.39 bits per heavy atom. The molecule has 1 heterocycles. The van der Waals surface area contributed by atoms with E-state index in [4.69, 9.17) is 14.3 Å². The molecule has 0 radical (unpaired) electrons. The van der Waals surface area contributed by atoms with Crippen molar-refractivity contribution in [3.05, 3.63) is 41.1 Å². The molecule has 0 saturated carbocycles. The van der Waals surface area contributed by atoms with Crippen molar-refractivity contribution in [3.63, 3.8) is 0 Å². The standard InChI is InChI=1S/C12H12N2O4/c1-7-9(12(15)16)4-3-5-10(7)17-6-11-14-13-8(2)18-11/h3-5H,6H2,1-2H3,(H,15,16). The Morgan fingerprint density at radius 3 is 2.78 bits per heavy atom. The van der Waals surface area contributed by atoms with Crippen LogP contribution in [0.4, 0.5) is 0 Å². The number of rotatable bonds is 4. The molecule has 1 aromatic heterocycles. The van der Waals surface area contributed by atoms with Crippen LogP contribution < -0.4 is 4.74 Å². The summed E-state index contributed by atoms with van der Waals surface area (Å²) in [6.45, 7) is 3.50. The molecule has 6 heteroatoms. The molecular weight excluding hydrogens is 236 g/mol. The van der Waals surface area contributed by atoms with Crippen molar-refractivity contribution >= 4 is 5.97 Å². The van der Waals surface area contributed by atoms with Gasteiger partial charge in [0.05, 0.1) is 5.56 Å². The van der Waals surface area contributed by atoms with E-state index >= 15 is 0 Å². The molecule has 18 heavy (non-hydrogen) atoms. The van der Waals surface area contributed by atoms with E-state index in [0.29, 0.717) is 23.1 Å². The maximum Gasteiger partial charge on any atom is 0.336 e. The molecule has 0 fully saturated rings. The van der Waals surface area contributed by atoms with Crippen molar-refractivity contribution in [1.82, 2.24) is 10.2 Å². The summed E-state index contributed by atoms with van der Waals surface area (Å²) in [7, 11) is 0. The summed E-state index contributed by atoms with van der Waals surface area (Å²) in [5.41, 5.74) is 0.787. The summed E-state index contributed by atoms with van der Waals surface area (Å²) >= 11 is 0. The van der Waals surface area contributed by atoms with Crippen LogP contribution in [0.3, 0.4) is 0 Å². The van der Waals surface area contributed by atoms with Gasteiger partial charge < -0.3 is 14.3 Å². The number of carbonyl (C=O) groups is 1. The van der Waals surface area contributed by atoms with Crippen LogP contribution in [0.5, 0.6) is 5.75 Å². The van der Waals surface area contributed by atoms with E-state index in [1.807, 2.05) is 0 Å². The molecule has 0 saturated heterocycles. The zero-order valence-corrected chi connectivity index (χ0v) is 10.0. The predicted octanol–water partition coefficient (Wildman–Crippen LogP) is 1.96. The topological polar surface area (TPSA) is 85.5 Å². The highest BCUT2D eigenvalue weighted by atomic mass is 16.5. The fourth-order valence-electron chi connectivity index (χ4n) is 1.54. The van der Waals surface area contributed by atoms with Crippen LogP contribution in [0.2, 0.25) is 0 Å². The molecule has 6 nitrogen and oxygen atoms in total. The second-order valence-corrected chi connectivity index (χ2v) is 3.74. The Bertz CT molecular complexity index is 577. The quantitative estimate of drug-likeness (QED) is 0.890. The third kappa shape index (κ3) is 2.48. The highest BCUT2D eigenvalue weighted by Gasteiger charge is 2.11. The van der Waals surface area contributed by atoms with Crippen molar-refractivity contribution in [2.75, 3.05) is 0 Å². The molecule has 0 spiro atoms.